The second kappa shape index (κ2) is 12.1. The normalized spacial score (nSPS) is 11.9. The average Bonchev–Trinajstić information content (AvgIpc) is 3.30. The van der Waals surface area contributed by atoms with E-state index in [4.69, 9.17) is 9.47 Å². The molecule has 35 heavy (non-hydrogen) atoms. The third kappa shape index (κ3) is 6.68. The number of hydrogen-bond acceptors (Lipinski definition) is 6. The van der Waals surface area contributed by atoms with Crippen LogP contribution in [0.1, 0.15) is 18.1 Å². The summed E-state index contributed by atoms with van der Waals surface area (Å²) < 4.78 is 12.9. The SMILES string of the molecule is CCOCCOc1nc(-c2ccccc2C)n(-c2ccc(NC[C@H](O)Cc3ccccc3)cc2)n1. The highest BCUT2D eigenvalue weighted by Gasteiger charge is 2.16. The number of nitrogens with one attached hydrogen (secondary N) is 1. The van der Waals surface area contributed by atoms with E-state index in [0.717, 1.165) is 28.1 Å². The number of nitrogens with zero attached hydrogens (tertiary/aromatic N) is 3. The van der Waals surface area contributed by atoms with Crippen LogP contribution in [0.15, 0.2) is 78.9 Å². The van der Waals surface area contributed by atoms with E-state index >= 15 is 0 Å². The van der Waals surface area contributed by atoms with Gasteiger partial charge in [0.2, 0.25) is 0 Å². The van der Waals surface area contributed by atoms with Gasteiger partial charge in [-0.15, -0.1) is 5.10 Å². The van der Waals surface area contributed by atoms with Crippen molar-refractivity contribution in [3.05, 3.63) is 90.0 Å². The minimum Gasteiger partial charge on any atom is -0.460 e. The smallest absolute Gasteiger partial charge is 0.336 e. The maximum absolute atomic E-state index is 10.4. The molecule has 3 aromatic carbocycles. The molecule has 1 aromatic heterocycles. The van der Waals surface area contributed by atoms with Crippen LogP contribution in [0.25, 0.3) is 17.1 Å². The summed E-state index contributed by atoms with van der Waals surface area (Å²) in [7, 11) is 0. The maximum atomic E-state index is 10.4. The average molecular weight is 473 g/mol. The lowest BCUT2D eigenvalue weighted by molar-refractivity contribution is 0.106. The van der Waals surface area contributed by atoms with Gasteiger partial charge in [-0.1, -0.05) is 54.6 Å². The Balaban J connectivity index is 1.48. The van der Waals surface area contributed by atoms with E-state index in [1.54, 1.807) is 4.68 Å². The number of rotatable bonds is 12. The Kier molecular flexibility index (Phi) is 8.48. The Morgan fingerprint density at radius 1 is 0.943 bits per heavy atom. The van der Waals surface area contributed by atoms with Crippen LogP contribution in [0.5, 0.6) is 6.01 Å². The summed E-state index contributed by atoms with van der Waals surface area (Å²) in [6, 6.07) is 26.3. The molecule has 2 N–H and O–H groups in total. The molecule has 1 atom stereocenters. The van der Waals surface area contributed by atoms with Crippen LogP contribution in [-0.2, 0) is 11.2 Å². The highest BCUT2D eigenvalue weighted by Crippen LogP contribution is 2.27. The van der Waals surface area contributed by atoms with Gasteiger partial charge < -0.3 is 19.9 Å². The zero-order valence-electron chi connectivity index (χ0n) is 20.2. The van der Waals surface area contributed by atoms with Gasteiger partial charge in [-0.3, -0.25) is 0 Å². The van der Waals surface area contributed by atoms with E-state index in [2.05, 4.69) is 28.4 Å². The molecular formula is C28H32N4O3. The number of aliphatic hydroxyl groups excluding tert-OH is 1. The molecule has 0 bridgehead atoms. The maximum Gasteiger partial charge on any atom is 0.336 e. The van der Waals surface area contributed by atoms with Gasteiger partial charge in [-0.2, -0.15) is 4.98 Å². The van der Waals surface area contributed by atoms with E-state index in [1.807, 2.05) is 79.7 Å². The second-order valence-corrected chi connectivity index (χ2v) is 8.26. The molecule has 7 heteroatoms. The van der Waals surface area contributed by atoms with Crippen molar-refractivity contribution < 1.29 is 14.6 Å². The van der Waals surface area contributed by atoms with Gasteiger partial charge in [0.1, 0.15) is 6.61 Å². The van der Waals surface area contributed by atoms with Crippen molar-refractivity contribution in [1.82, 2.24) is 14.8 Å². The molecule has 0 spiro atoms. The molecule has 4 aromatic rings. The van der Waals surface area contributed by atoms with E-state index in [9.17, 15) is 5.11 Å². The van der Waals surface area contributed by atoms with Crippen molar-refractivity contribution in [3.8, 4) is 23.1 Å². The zero-order valence-corrected chi connectivity index (χ0v) is 20.2. The predicted octanol–water partition coefficient (Wildman–Crippen LogP) is 4.67. The highest BCUT2D eigenvalue weighted by atomic mass is 16.5. The molecule has 4 rings (SSSR count). The molecule has 1 heterocycles. The summed E-state index contributed by atoms with van der Waals surface area (Å²) in [6.45, 7) is 5.98. The van der Waals surface area contributed by atoms with Gasteiger partial charge in [0, 0.05) is 30.8 Å². The molecule has 0 aliphatic carbocycles. The van der Waals surface area contributed by atoms with Crippen LogP contribution in [-0.4, -0.2) is 52.3 Å². The summed E-state index contributed by atoms with van der Waals surface area (Å²) in [5.74, 6) is 0.716. The third-order valence-electron chi connectivity index (χ3n) is 5.60. The molecule has 182 valence electrons. The lowest BCUT2D eigenvalue weighted by Crippen LogP contribution is -2.21. The first-order valence-corrected chi connectivity index (χ1v) is 11.9. The zero-order chi connectivity index (χ0) is 24.5. The minimum atomic E-state index is -0.476. The largest absolute Gasteiger partial charge is 0.460 e. The first-order chi connectivity index (χ1) is 17.1. The van der Waals surface area contributed by atoms with Crippen molar-refractivity contribution in [1.29, 1.82) is 0 Å². The molecule has 7 nitrogen and oxygen atoms in total. The lowest BCUT2D eigenvalue weighted by atomic mass is 10.1. The summed E-state index contributed by atoms with van der Waals surface area (Å²) in [5.41, 5.74) is 5.00. The molecule has 0 saturated carbocycles. The fraction of sp³-hybridized carbons (Fsp3) is 0.286. The number of aliphatic hydroxyl groups is 1. The van der Waals surface area contributed by atoms with Crippen LogP contribution in [0, 0.1) is 6.92 Å². The number of hydrogen-bond donors (Lipinski definition) is 2. The molecule has 0 aliphatic rings. The monoisotopic (exact) mass is 472 g/mol. The first kappa shape index (κ1) is 24.4. The summed E-state index contributed by atoms with van der Waals surface area (Å²) in [5, 5.41) is 18.3. The summed E-state index contributed by atoms with van der Waals surface area (Å²) in [6.07, 6.45) is 0.132. The number of anilines is 1. The highest BCUT2D eigenvalue weighted by molar-refractivity contribution is 5.63. The van der Waals surface area contributed by atoms with Crippen molar-refractivity contribution in [2.45, 2.75) is 26.4 Å². The van der Waals surface area contributed by atoms with Gasteiger partial charge in [0.05, 0.1) is 18.4 Å². The lowest BCUT2D eigenvalue weighted by Gasteiger charge is -2.14. The van der Waals surface area contributed by atoms with Crippen molar-refractivity contribution in [2.75, 3.05) is 31.7 Å². The molecule has 0 aliphatic heterocycles. The molecule has 0 unspecified atom stereocenters. The fourth-order valence-corrected chi connectivity index (χ4v) is 3.78. The topological polar surface area (TPSA) is 81.4 Å². The van der Waals surface area contributed by atoms with Gasteiger partial charge in [-0.05, 0) is 49.2 Å². The summed E-state index contributed by atoms with van der Waals surface area (Å²) >= 11 is 0. The Bertz CT molecular complexity index is 1190. The van der Waals surface area contributed by atoms with Crippen LogP contribution in [0.4, 0.5) is 5.69 Å². The van der Waals surface area contributed by atoms with E-state index < -0.39 is 6.10 Å². The quantitative estimate of drug-likeness (QED) is 0.292. The second-order valence-electron chi connectivity index (χ2n) is 8.26. The number of aromatic nitrogens is 3. The van der Waals surface area contributed by atoms with E-state index in [1.165, 1.54) is 0 Å². The Morgan fingerprint density at radius 3 is 2.43 bits per heavy atom. The molecule has 0 fully saturated rings. The van der Waals surface area contributed by atoms with Crippen molar-refractivity contribution in [2.24, 2.45) is 0 Å². The minimum absolute atomic E-state index is 0.314. The third-order valence-corrected chi connectivity index (χ3v) is 5.60. The predicted molar refractivity (Wildman–Crippen MR) is 138 cm³/mol. The number of aryl methyl sites for hydroxylation is 1. The Hall–Kier alpha value is -3.68. The molecule has 0 amide bonds. The van der Waals surface area contributed by atoms with Crippen LogP contribution in [0.3, 0.4) is 0 Å². The van der Waals surface area contributed by atoms with Crippen LogP contribution < -0.4 is 10.1 Å². The van der Waals surface area contributed by atoms with Crippen LogP contribution in [0.2, 0.25) is 0 Å². The van der Waals surface area contributed by atoms with Crippen molar-refractivity contribution in [3.63, 3.8) is 0 Å². The molecule has 0 saturated heterocycles. The van der Waals surface area contributed by atoms with E-state index in [-0.39, 0.29) is 0 Å². The first-order valence-electron chi connectivity index (χ1n) is 11.9. The van der Waals surface area contributed by atoms with Gasteiger partial charge in [-0.25, -0.2) is 4.68 Å². The van der Waals surface area contributed by atoms with Gasteiger partial charge in [0.25, 0.3) is 0 Å². The van der Waals surface area contributed by atoms with Gasteiger partial charge >= 0.3 is 6.01 Å². The van der Waals surface area contributed by atoms with Gasteiger partial charge in [0.15, 0.2) is 5.82 Å². The summed E-state index contributed by atoms with van der Waals surface area (Å²) in [4.78, 5) is 4.66. The Morgan fingerprint density at radius 2 is 1.69 bits per heavy atom. The number of benzene rings is 3. The van der Waals surface area contributed by atoms with Crippen LogP contribution >= 0.6 is 0 Å². The fourth-order valence-electron chi connectivity index (χ4n) is 3.78. The number of ether oxygens (including phenoxy) is 2. The van der Waals surface area contributed by atoms with E-state index in [0.29, 0.717) is 44.6 Å². The molecule has 0 radical (unpaired) electrons. The Labute approximate surface area is 206 Å². The van der Waals surface area contributed by atoms with Crippen molar-refractivity contribution >= 4 is 5.69 Å². The standard InChI is InChI=1S/C28H32N4O3/c1-3-34-17-18-35-28-30-27(26-12-8-7-9-21(26)2)32(31-28)24-15-13-23(14-16-24)29-20-25(33)19-22-10-5-4-6-11-22/h4-16,25,29,33H,3,17-20H2,1-2H3/t25-/m1/s1. The molecular weight excluding hydrogens is 440 g/mol.